The summed E-state index contributed by atoms with van der Waals surface area (Å²) in [5.41, 5.74) is 3.26. The standard InChI is InChI=1S/C13H22N2OS/c1-13(2,3)12-10(4-5-16-12)6-14-7-11-8-17-9-15-11/h8-10,12,14H,4-7H2,1-3H3/t10-,12+/m1/s1. The van der Waals surface area contributed by atoms with E-state index in [-0.39, 0.29) is 5.41 Å². The Bertz CT molecular complexity index is 332. The first kappa shape index (κ1) is 13.0. The van der Waals surface area contributed by atoms with Crippen LogP contribution in [0.5, 0.6) is 0 Å². The Labute approximate surface area is 108 Å². The van der Waals surface area contributed by atoms with Gasteiger partial charge in [-0.25, -0.2) is 4.98 Å². The van der Waals surface area contributed by atoms with Gasteiger partial charge in [0, 0.05) is 31.0 Å². The zero-order chi connectivity index (χ0) is 12.3. The zero-order valence-corrected chi connectivity index (χ0v) is 11.7. The van der Waals surface area contributed by atoms with E-state index in [0.29, 0.717) is 12.0 Å². The Morgan fingerprint density at radius 1 is 1.53 bits per heavy atom. The number of hydrogen-bond acceptors (Lipinski definition) is 4. The molecule has 2 atom stereocenters. The molecule has 1 fully saturated rings. The second kappa shape index (κ2) is 5.46. The average molecular weight is 254 g/mol. The molecule has 2 heterocycles. The molecule has 2 rings (SSSR count). The van der Waals surface area contributed by atoms with Gasteiger partial charge in [-0.15, -0.1) is 11.3 Å². The number of nitrogens with one attached hydrogen (secondary N) is 1. The van der Waals surface area contributed by atoms with Crippen molar-refractivity contribution < 1.29 is 4.74 Å². The van der Waals surface area contributed by atoms with E-state index in [9.17, 15) is 0 Å². The van der Waals surface area contributed by atoms with Crippen molar-refractivity contribution in [2.75, 3.05) is 13.2 Å². The number of thiazole rings is 1. The van der Waals surface area contributed by atoms with Crippen LogP contribution in [-0.4, -0.2) is 24.2 Å². The Hall–Kier alpha value is -0.450. The molecule has 0 unspecified atom stereocenters. The maximum absolute atomic E-state index is 5.86. The predicted octanol–water partition coefficient (Wildman–Crippen LogP) is 2.68. The zero-order valence-electron chi connectivity index (χ0n) is 10.9. The SMILES string of the molecule is CC(C)(C)[C@H]1OCC[C@@H]1CNCc1cscn1. The topological polar surface area (TPSA) is 34.1 Å². The van der Waals surface area contributed by atoms with E-state index in [1.165, 1.54) is 6.42 Å². The predicted molar refractivity (Wildman–Crippen MR) is 71.1 cm³/mol. The van der Waals surface area contributed by atoms with Gasteiger partial charge in [0.25, 0.3) is 0 Å². The fraction of sp³-hybridized carbons (Fsp3) is 0.769. The first-order valence-corrected chi connectivity index (χ1v) is 7.21. The molecule has 1 aliphatic rings. The lowest BCUT2D eigenvalue weighted by molar-refractivity contribution is 0.00720. The van der Waals surface area contributed by atoms with Crippen LogP contribution in [-0.2, 0) is 11.3 Å². The smallest absolute Gasteiger partial charge is 0.0795 e. The van der Waals surface area contributed by atoms with Crippen LogP contribution in [0.2, 0.25) is 0 Å². The van der Waals surface area contributed by atoms with Crippen molar-refractivity contribution in [1.82, 2.24) is 10.3 Å². The highest BCUT2D eigenvalue weighted by molar-refractivity contribution is 7.07. The summed E-state index contributed by atoms with van der Waals surface area (Å²) in [7, 11) is 0. The minimum Gasteiger partial charge on any atom is -0.377 e. The van der Waals surface area contributed by atoms with Gasteiger partial charge >= 0.3 is 0 Å². The molecular formula is C13H22N2OS. The highest BCUT2D eigenvalue weighted by Crippen LogP contribution is 2.34. The van der Waals surface area contributed by atoms with E-state index < -0.39 is 0 Å². The van der Waals surface area contributed by atoms with E-state index in [1.807, 2.05) is 5.51 Å². The highest BCUT2D eigenvalue weighted by Gasteiger charge is 2.36. The highest BCUT2D eigenvalue weighted by atomic mass is 32.1. The molecule has 4 heteroatoms. The molecule has 0 radical (unpaired) electrons. The minimum absolute atomic E-state index is 0.240. The van der Waals surface area contributed by atoms with Crippen LogP contribution in [0.15, 0.2) is 10.9 Å². The Balaban J connectivity index is 1.78. The summed E-state index contributed by atoms with van der Waals surface area (Å²) in [5, 5.41) is 5.59. The number of nitrogens with zero attached hydrogens (tertiary/aromatic N) is 1. The molecule has 0 bridgehead atoms. The van der Waals surface area contributed by atoms with Crippen molar-refractivity contribution in [3.63, 3.8) is 0 Å². The quantitative estimate of drug-likeness (QED) is 0.897. The van der Waals surface area contributed by atoms with Crippen LogP contribution in [0.1, 0.15) is 32.9 Å². The van der Waals surface area contributed by atoms with Crippen molar-refractivity contribution in [2.45, 2.75) is 39.8 Å². The third-order valence-electron chi connectivity index (χ3n) is 3.26. The van der Waals surface area contributed by atoms with Gasteiger partial charge in [-0.05, 0) is 11.8 Å². The van der Waals surface area contributed by atoms with Gasteiger partial charge < -0.3 is 10.1 Å². The van der Waals surface area contributed by atoms with E-state index in [2.05, 4.69) is 36.5 Å². The van der Waals surface area contributed by atoms with Crippen LogP contribution >= 0.6 is 11.3 Å². The van der Waals surface area contributed by atoms with E-state index in [4.69, 9.17) is 4.74 Å². The van der Waals surface area contributed by atoms with Gasteiger partial charge in [0.05, 0.1) is 17.3 Å². The van der Waals surface area contributed by atoms with Crippen molar-refractivity contribution in [1.29, 1.82) is 0 Å². The second-order valence-electron chi connectivity index (χ2n) is 5.82. The maximum atomic E-state index is 5.86. The normalized spacial score (nSPS) is 25.4. The van der Waals surface area contributed by atoms with Gasteiger partial charge in [0.15, 0.2) is 0 Å². The van der Waals surface area contributed by atoms with Gasteiger partial charge in [0.1, 0.15) is 0 Å². The van der Waals surface area contributed by atoms with Crippen LogP contribution < -0.4 is 5.32 Å². The van der Waals surface area contributed by atoms with Crippen LogP contribution in [0.25, 0.3) is 0 Å². The summed E-state index contributed by atoms with van der Waals surface area (Å²) >= 11 is 1.65. The summed E-state index contributed by atoms with van der Waals surface area (Å²) < 4.78 is 5.86. The molecule has 0 aliphatic carbocycles. The fourth-order valence-electron chi connectivity index (χ4n) is 2.51. The lowest BCUT2D eigenvalue weighted by atomic mass is 9.81. The van der Waals surface area contributed by atoms with Crippen LogP contribution in [0.4, 0.5) is 0 Å². The van der Waals surface area contributed by atoms with Crippen molar-refractivity contribution in [2.24, 2.45) is 11.3 Å². The molecule has 1 N–H and O–H groups in total. The summed E-state index contributed by atoms with van der Waals surface area (Å²) in [6, 6.07) is 0. The molecule has 3 nitrogen and oxygen atoms in total. The van der Waals surface area contributed by atoms with Crippen molar-refractivity contribution >= 4 is 11.3 Å². The second-order valence-corrected chi connectivity index (χ2v) is 6.54. The monoisotopic (exact) mass is 254 g/mol. The maximum Gasteiger partial charge on any atom is 0.0795 e. The third kappa shape index (κ3) is 3.50. The molecule has 96 valence electrons. The summed E-state index contributed by atoms with van der Waals surface area (Å²) in [6.45, 7) is 9.59. The third-order valence-corrected chi connectivity index (χ3v) is 3.90. The largest absolute Gasteiger partial charge is 0.377 e. The first-order chi connectivity index (χ1) is 8.07. The number of aromatic nitrogens is 1. The molecule has 17 heavy (non-hydrogen) atoms. The summed E-state index contributed by atoms with van der Waals surface area (Å²) in [4.78, 5) is 4.27. The summed E-state index contributed by atoms with van der Waals surface area (Å²) in [5.74, 6) is 0.633. The number of ether oxygens (including phenoxy) is 1. The number of rotatable bonds is 4. The molecule has 0 saturated carbocycles. The minimum atomic E-state index is 0.240. The van der Waals surface area contributed by atoms with Gasteiger partial charge in [0.2, 0.25) is 0 Å². The molecule has 1 aromatic rings. The number of hydrogen-bond donors (Lipinski definition) is 1. The van der Waals surface area contributed by atoms with Gasteiger partial charge in [-0.1, -0.05) is 20.8 Å². The van der Waals surface area contributed by atoms with Crippen LogP contribution in [0, 0.1) is 11.3 Å². The molecule has 1 aliphatic heterocycles. The van der Waals surface area contributed by atoms with E-state index in [1.54, 1.807) is 11.3 Å². The Kier molecular flexibility index (Phi) is 4.17. The van der Waals surface area contributed by atoms with Gasteiger partial charge in [-0.3, -0.25) is 0 Å². The first-order valence-electron chi connectivity index (χ1n) is 6.27. The van der Waals surface area contributed by atoms with Crippen molar-refractivity contribution in [3.8, 4) is 0 Å². The lowest BCUT2D eigenvalue weighted by Crippen LogP contribution is -2.36. The van der Waals surface area contributed by atoms with Crippen LogP contribution in [0.3, 0.4) is 0 Å². The van der Waals surface area contributed by atoms with Gasteiger partial charge in [-0.2, -0.15) is 0 Å². The van der Waals surface area contributed by atoms with E-state index >= 15 is 0 Å². The molecule has 0 amide bonds. The summed E-state index contributed by atoms with van der Waals surface area (Å²) in [6.07, 6.45) is 1.55. The van der Waals surface area contributed by atoms with Crippen molar-refractivity contribution in [3.05, 3.63) is 16.6 Å². The molecule has 0 aromatic carbocycles. The lowest BCUT2D eigenvalue weighted by Gasteiger charge is -2.31. The average Bonchev–Trinajstić information content (AvgIpc) is 2.86. The van der Waals surface area contributed by atoms with E-state index in [0.717, 1.165) is 25.4 Å². The molecular weight excluding hydrogens is 232 g/mol. The molecule has 1 saturated heterocycles. The molecule has 0 spiro atoms. The fourth-order valence-corrected chi connectivity index (χ4v) is 3.07. The Morgan fingerprint density at radius 2 is 2.35 bits per heavy atom. The Morgan fingerprint density at radius 3 is 3.00 bits per heavy atom. The molecule has 1 aromatic heterocycles.